The molecule has 1 aromatic carbocycles. The summed E-state index contributed by atoms with van der Waals surface area (Å²) in [6.45, 7) is 4.94. The highest BCUT2D eigenvalue weighted by atomic mass is 32.1. The Morgan fingerprint density at radius 3 is 2.26 bits per heavy atom. The fourth-order valence-electron chi connectivity index (χ4n) is 7.61. The number of ketones is 1. The second kappa shape index (κ2) is 9.18. The fourth-order valence-corrected chi connectivity index (χ4v) is 8.62. The van der Waals surface area contributed by atoms with Gasteiger partial charge in [-0.3, -0.25) is 14.6 Å². The lowest BCUT2D eigenvalue weighted by Crippen LogP contribution is -2.48. The van der Waals surface area contributed by atoms with Crippen LogP contribution in [0.15, 0.2) is 35.7 Å². The maximum absolute atomic E-state index is 13.2. The zero-order chi connectivity index (χ0) is 23.1. The number of hydrogen-bond acceptors (Lipinski definition) is 6. The van der Waals surface area contributed by atoms with Crippen molar-refractivity contribution in [2.75, 3.05) is 32.7 Å². The molecule has 5 aliphatic rings. The number of carbonyl (C=O) groups is 1. The Bertz CT molecular complexity index is 1030. The van der Waals surface area contributed by atoms with Crippen LogP contribution in [-0.2, 0) is 16.8 Å². The zero-order valence-corrected chi connectivity index (χ0v) is 20.7. The van der Waals surface area contributed by atoms with Gasteiger partial charge in [0.25, 0.3) is 0 Å². The number of aromatic nitrogens is 1. The van der Waals surface area contributed by atoms with E-state index in [9.17, 15) is 10.1 Å². The number of nitriles is 1. The molecule has 4 saturated carbocycles. The minimum Gasteiger partial charge on any atom is -0.297 e. The molecular weight excluding hydrogens is 440 g/mol. The van der Waals surface area contributed by atoms with Crippen molar-refractivity contribution in [3.05, 3.63) is 52.0 Å². The summed E-state index contributed by atoms with van der Waals surface area (Å²) in [7, 11) is 0. The van der Waals surface area contributed by atoms with Crippen LogP contribution >= 0.6 is 11.3 Å². The Kier molecular flexibility index (Phi) is 6.05. The van der Waals surface area contributed by atoms with Gasteiger partial charge in [0.2, 0.25) is 0 Å². The Morgan fingerprint density at radius 1 is 1.03 bits per heavy atom. The average Bonchev–Trinajstić information content (AvgIpc) is 3.32. The van der Waals surface area contributed by atoms with Crippen LogP contribution in [0.1, 0.15) is 60.7 Å². The van der Waals surface area contributed by atoms with E-state index in [1.807, 2.05) is 6.07 Å². The van der Waals surface area contributed by atoms with Gasteiger partial charge in [-0.05, 0) is 61.8 Å². The summed E-state index contributed by atoms with van der Waals surface area (Å²) >= 11 is 1.54. The molecule has 178 valence electrons. The smallest absolute Gasteiger partial charge is 0.170 e. The largest absolute Gasteiger partial charge is 0.297 e. The predicted molar refractivity (Wildman–Crippen MR) is 133 cm³/mol. The van der Waals surface area contributed by atoms with Crippen molar-refractivity contribution in [2.45, 2.75) is 56.4 Å². The molecule has 4 aliphatic carbocycles. The fraction of sp³-hybridized carbons (Fsp3) is 0.607. The summed E-state index contributed by atoms with van der Waals surface area (Å²) in [4.78, 5) is 22.8. The molecule has 4 bridgehead atoms. The summed E-state index contributed by atoms with van der Waals surface area (Å²) in [5.74, 6) is 1.88. The molecule has 0 radical (unpaired) electrons. The van der Waals surface area contributed by atoms with Crippen LogP contribution in [0.5, 0.6) is 0 Å². The van der Waals surface area contributed by atoms with Crippen LogP contribution in [0.4, 0.5) is 0 Å². The molecule has 34 heavy (non-hydrogen) atoms. The first-order chi connectivity index (χ1) is 16.6. The van der Waals surface area contributed by atoms with Crippen molar-refractivity contribution in [1.29, 1.82) is 5.26 Å². The van der Waals surface area contributed by atoms with Crippen molar-refractivity contribution >= 4 is 17.1 Å². The van der Waals surface area contributed by atoms with Crippen LogP contribution in [0.3, 0.4) is 0 Å². The molecular formula is C28H34N4OS. The lowest BCUT2D eigenvalue weighted by atomic mass is 9.49. The van der Waals surface area contributed by atoms with Gasteiger partial charge in [-0.25, -0.2) is 4.98 Å². The topological polar surface area (TPSA) is 60.2 Å². The van der Waals surface area contributed by atoms with E-state index in [0.717, 1.165) is 55.5 Å². The summed E-state index contributed by atoms with van der Waals surface area (Å²) in [5, 5.41) is 12.8. The Morgan fingerprint density at radius 2 is 1.65 bits per heavy atom. The first kappa shape index (κ1) is 22.4. The molecule has 2 aromatic rings. The molecule has 1 saturated heterocycles. The minimum atomic E-state index is -0.727. The van der Waals surface area contributed by atoms with Gasteiger partial charge in [0.05, 0.1) is 18.3 Å². The molecule has 1 aromatic heterocycles. The number of Topliss-reactive ketones (excluding diaryl/α,β-unsaturated/α-hetero) is 1. The van der Waals surface area contributed by atoms with Gasteiger partial charge in [0, 0.05) is 43.5 Å². The number of piperazine rings is 1. The quantitative estimate of drug-likeness (QED) is 0.587. The molecule has 6 heteroatoms. The SMILES string of the molecule is N#CC(C(=O)CN1CCN(Cc2ccccc2)CC1)c1nc(C23CC4CC(CC(C4)C2)C3)cs1. The summed E-state index contributed by atoms with van der Waals surface area (Å²) in [6, 6.07) is 12.8. The highest BCUT2D eigenvalue weighted by Crippen LogP contribution is 2.60. The monoisotopic (exact) mass is 474 g/mol. The molecule has 1 unspecified atom stereocenters. The number of rotatable bonds is 7. The number of carbonyl (C=O) groups excluding carboxylic acids is 1. The van der Waals surface area contributed by atoms with Crippen LogP contribution < -0.4 is 0 Å². The van der Waals surface area contributed by atoms with Crippen molar-refractivity contribution in [1.82, 2.24) is 14.8 Å². The predicted octanol–water partition coefficient (Wildman–Crippen LogP) is 4.60. The summed E-state index contributed by atoms with van der Waals surface area (Å²) in [6.07, 6.45) is 8.03. The standard InChI is InChI=1S/C28H34N4OS/c29-16-24(25(33)18-32-8-6-31(7-9-32)17-20-4-2-1-3-5-20)27-30-26(19-34-27)28-13-21-10-22(14-28)12-23(11-21)15-28/h1-5,19,21-24H,6-15,17-18H2. The van der Waals surface area contributed by atoms with E-state index in [2.05, 4.69) is 45.5 Å². The third-order valence-electron chi connectivity index (χ3n) is 8.89. The molecule has 1 aliphatic heterocycles. The molecule has 5 fully saturated rings. The van der Waals surface area contributed by atoms with E-state index in [-0.39, 0.29) is 11.2 Å². The van der Waals surface area contributed by atoms with Gasteiger partial charge >= 0.3 is 0 Å². The lowest BCUT2D eigenvalue weighted by molar-refractivity contribution is -0.121. The molecule has 7 rings (SSSR count). The third kappa shape index (κ3) is 4.34. The van der Waals surface area contributed by atoms with Crippen molar-refractivity contribution in [2.24, 2.45) is 17.8 Å². The van der Waals surface area contributed by atoms with Gasteiger partial charge < -0.3 is 0 Å². The maximum atomic E-state index is 13.2. The summed E-state index contributed by atoms with van der Waals surface area (Å²) in [5.41, 5.74) is 2.74. The second-order valence-corrected chi connectivity index (χ2v) is 12.2. The molecule has 0 spiro atoms. The zero-order valence-electron chi connectivity index (χ0n) is 19.9. The van der Waals surface area contributed by atoms with Crippen molar-refractivity contribution in [3.63, 3.8) is 0 Å². The lowest BCUT2D eigenvalue weighted by Gasteiger charge is -2.56. The van der Waals surface area contributed by atoms with E-state index in [1.54, 1.807) is 11.3 Å². The van der Waals surface area contributed by atoms with E-state index in [0.29, 0.717) is 6.54 Å². The normalized spacial score (nSPS) is 31.9. The highest BCUT2D eigenvalue weighted by molar-refractivity contribution is 7.10. The number of hydrogen-bond donors (Lipinski definition) is 0. The van der Waals surface area contributed by atoms with Gasteiger partial charge in [0.15, 0.2) is 11.7 Å². The van der Waals surface area contributed by atoms with E-state index < -0.39 is 5.92 Å². The average molecular weight is 475 g/mol. The molecule has 5 nitrogen and oxygen atoms in total. The number of benzene rings is 1. The van der Waals surface area contributed by atoms with Crippen LogP contribution in [0, 0.1) is 29.1 Å². The Balaban J connectivity index is 1.07. The second-order valence-electron chi connectivity index (χ2n) is 11.3. The Hall–Kier alpha value is -2.07. The Labute approximate surface area is 206 Å². The van der Waals surface area contributed by atoms with Gasteiger partial charge in [-0.1, -0.05) is 30.3 Å². The number of nitrogens with zero attached hydrogens (tertiary/aromatic N) is 4. The highest BCUT2D eigenvalue weighted by Gasteiger charge is 2.52. The molecule has 1 atom stereocenters. The van der Waals surface area contributed by atoms with E-state index >= 15 is 0 Å². The van der Waals surface area contributed by atoms with Gasteiger partial charge in [0.1, 0.15) is 5.01 Å². The third-order valence-corrected chi connectivity index (χ3v) is 9.80. The van der Waals surface area contributed by atoms with Crippen LogP contribution in [0.25, 0.3) is 0 Å². The van der Waals surface area contributed by atoms with Crippen molar-refractivity contribution < 1.29 is 4.79 Å². The molecule has 0 N–H and O–H groups in total. The first-order valence-corrected chi connectivity index (χ1v) is 13.8. The van der Waals surface area contributed by atoms with Crippen molar-refractivity contribution in [3.8, 4) is 6.07 Å². The van der Waals surface area contributed by atoms with Crippen LogP contribution in [-0.4, -0.2) is 53.3 Å². The molecule has 0 amide bonds. The van der Waals surface area contributed by atoms with Gasteiger partial charge in [-0.15, -0.1) is 11.3 Å². The maximum Gasteiger partial charge on any atom is 0.170 e. The van der Waals surface area contributed by atoms with E-state index in [4.69, 9.17) is 4.98 Å². The molecule has 2 heterocycles. The number of thiazole rings is 1. The first-order valence-electron chi connectivity index (χ1n) is 13.0. The van der Waals surface area contributed by atoms with Gasteiger partial charge in [-0.2, -0.15) is 5.26 Å². The van der Waals surface area contributed by atoms with Crippen LogP contribution in [0.2, 0.25) is 0 Å². The minimum absolute atomic E-state index is 0.00502. The summed E-state index contributed by atoms with van der Waals surface area (Å²) < 4.78 is 0. The van der Waals surface area contributed by atoms with E-state index in [1.165, 1.54) is 49.8 Å².